The quantitative estimate of drug-likeness (QED) is 0.582. The Morgan fingerprint density at radius 2 is 2.17 bits per heavy atom. The van der Waals surface area contributed by atoms with E-state index in [1.807, 2.05) is 6.07 Å². The lowest BCUT2D eigenvalue weighted by molar-refractivity contribution is -0.169. The van der Waals surface area contributed by atoms with Crippen molar-refractivity contribution in [2.24, 2.45) is 17.8 Å². The van der Waals surface area contributed by atoms with Gasteiger partial charge in [0.15, 0.2) is 0 Å². The van der Waals surface area contributed by atoms with E-state index in [1.165, 1.54) is 25.3 Å². The van der Waals surface area contributed by atoms with Crippen molar-refractivity contribution in [2.75, 3.05) is 0 Å². The van der Waals surface area contributed by atoms with Crippen molar-refractivity contribution in [2.45, 2.75) is 57.5 Å². The number of benzene rings is 1. The number of rotatable bonds is 3. The van der Waals surface area contributed by atoms with Crippen LogP contribution < -0.4 is 0 Å². The Hall–Kier alpha value is -1.64. The van der Waals surface area contributed by atoms with Crippen molar-refractivity contribution >= 4 is 5.97 Å². The first-order chi connectivity index (χ1) is 11.5. The number of esters is 1. The average molecular weight is 328 g/mol. The summed E-state index contributed by atoms with van der Waals surface area (Å²) in [7, 11) is 0. The van der Waals surface area contributed by atoms with Crippen LogP contribution in [0.2, 0.25) is 0 Å². The fourth-order valence-corrected chi connectivity index (χ4v) is 5.49. The van der Waals surface area contributed by atoms with Crippen molar-refractivity contribution in [3.8, 4) is 0 Å². The van der Waals surface area contributed by atoms with Crippen molar-refractivity contribution < 1.29 is 13.9 Å². The van der Waals surface area contributed by atoms with Gasteiger partial charge in [-0.15, -0.1) is 0 Å². The van der Waals surface area contributed by atoms with Gasteiger partial charge in [0.05, 0.1) is 0 Å². The molecule has 0 heterocycles. The van der Waals surface area contributed by atoms with Crippen LogP contribution in [0.4, 0.5) is 4.39 Å². The fraction of sp³-hybridized carbons (Fsp3) is 0.571. The molecule has 0 amide bonds. The Morgan fingerprint density at radius 3 is 2.83 bits per heavy atom. The molecule has 24 heavy (non-hydrogen) atoms. The van der Waals surface area contributed by atoms with Crippen LogP contribution in [0.25, 0.3) is 0 Å². The monoisotopic (exact) mass is 328 g/mol. The molecule has 4 atom stereocenters. The van der Waals surface area contributed by atoms with Crippen LogP contribution in [0.3, 0.4) is 0 Å². The summed E-state index contributed by atoms with van der Waals surface area (Å²) in [5.74, 6) is 1.25. The number of fused-ring (bicyclic) bond motifs is 3. The van der Waals surface area contributed by atoms with Gasteiger partial charge in [-0.1, -0.05) is 19.1 Å². The molecule has 3 heteroatoms. The Balaban J connectivity index is 1.80. The number of hydrogen-bond acceptors (Lipinski definition) is 2. The molecule has 1 aromatic rings. The minimum Gasteiger partial charge on any atom is -0.451 e. The van der Waals surface area contributed by atoms with Crippen molar-refractivity contribution in [1.82, 2.24) is 0 Å². The molecule has 0 saturated heterocycles. The molecule has 2 nitrogen and oxygen atoms in total. The molecule has 4 rings (SSSR count). The van der Waals surface area contributed by atoms with E-state index >= 15 is 0 Å². The van der Waals surface area contributed by atoms with Crippen LogP contribution in [-0.2, 0) is 21.6 Å². The second kappa shape index (κ2) is 5.72. The summed E-state index contributed by atoms with van der Waals surface area (Å²) in [6.45, 7) is 5.46. The van der Waals surface area contributed by atoms with Gasteiger partial charge in [-0.2, -0.15) is 0 Å². The predicted octanol–water partition coefficient (Wildman–Crippen LogP) is 4.91. The molecule has 3 aliphatic carbocycles. The number of halogens is 1. The average Bonchev–Trinajstić information content (AvgIpc) is 3.17. The minimum atomic E-state index is -0.586. The molecule has 0 radical (unpaired) electrons. The summed E-state index contributed by atoms with van der Waals surface area (Å²) in [5.41, 5.74) is 1.91. The molecule has 0 spiro atoms. The van der Waals surface area contributed by atoms with Gasteiger partial charge in [0.1, 0.15) is 11.4 Å². The maximum atomic E-state index is 13.7. The van der Waals surface area contributed by atoms with E-state index in [-0.39, 0.29) is 11.8 Å². The van der Waals surface area contributed by atoms with E-state index in [0.29, 0.717) is 17.4 Å². The highest BCUT2D eigenvalue weighted by atomic mass is 19.1. The Morgan fingerprint density at radius 1 is 1.33 bits per heavy atom. The Labute approximate surface area is 143 Å². The lowest BCUT2D eigenvalue weighted by Gasteiger charge is -2.46. The van der Waals surface area contributed by atoms with E-state index in [1.54, 1.807) is 13.0 Å². The first-order valence-corrected chi connectivity index (χ1v) is 9.17. The van der Waals surface area contributed by atoms with E-state index in [2.05, 4.69) is 6.58 Å². The first kappa shape index (κ1) is 15.9. The highest BCUT2D eigenvalue weighted by molar-refractivity contribution is 5.87. The van der Waals surface area contributed by atoms with Crippen LogP contribution in [-0.4, -0.2) is 5.97 Å². The van der Waals surface area contributed by atoms with Gasteiger partial charge in [0, 0.05) is 11.5 Å². The molecule has 0 aliphatic heterocycles. The second-order valence-electron chi connectivity index (χ2n) is 8.00. The fourth-order valence-electron chi connectivity index (χ4n) is 5.49. The molecule has 3 aliphatic rings. The molecule has 2 bridgehead atoms. The molecule has 0 aromatic heterocycles. The van der Waals surface area contributed by atoms with E-state index in [0.717, 1.165) is 42.7 Å². The zero-order chi connectivity index (χ0) is 16.9. The van der Waals surface area contributed by atoms with Gasteiger partial charge in [0.25, 0.3) is 0 Å². The summed E-state index contributed by atoms with van der Waals surface area (Å²) in [5, 5.41) is 0. The molecule has 1 aromatic carbocycles. The van der Waals surface area contributed by atoms with Crippen molar-refractivity contribution in [1.29, 1.82) is 0 Å². The standard InChI is InChI=1S/C21H25FO2/c1-13(2)20(23)24-21(19-11-14-5-6-16(19)10-14)9-3-4-15-12-17(22)7-8-18(15)21/h7-8,12,14,16,19H,1,3-6,9-11H2,2H3. The summed E-state index contributed by atoms with van der Waals surface area (Å²) in [6.07, 6.45) is 7.57. The topological polar surface area (TPSA) is 26.3 Å². The van der Waals surface area contributed by atoms with Gasteiger partial charge in [-0.3, -0.25) is 0 Å². The van der Waals surface area contributed by atoms with Gasteiger partial charge in [-0.25, -0.2) is 9.18 Å². The number of ether oxygens (including phenoxy) is 1. The zero-order valence-corrected chi connectivity index (χ0v) is 14.3. The van der Waals surface area contributed by atoms with Crippen LogP contribution in [0, 0.1) is 23.6 Å². The summed E-state index contributed by atoms with van der Waals surface area (Å²) in [6, 6.07) is 5.01. The molecule has 0 N–H and O–H groups in total. The first-order valence-electron chi connectivity index (χ1n) is 9.17. The molecule has 2 saturated carbocycles. The maximum Gasteiger partial charge on any atom is 0.334 e. The highest BCUT2D eigenvalue weighted by Gasteiger charge is 2.55. The van der Waals surface area contributed by atoms with Gasteiger partial charge >= 0.3 is 5.97 Å². The Bertz CT molecular complexity index is 695. The third-order valence-electron chi connectivity index (χ3n) is 6.48. The Kier molecular flexibility index (Phi) is 3.78. The number of hydrogen-bond donors (Lipinski definition) is 0. The molecular formula is C21H25FO2. The summed E-state index contributed by atoms with van der Waals surface area (Å²) < 4.78 is 19.9. The molecule has 128 valence electrons. The predicted molar refractivity (Wildman–Crippen MR) is 90.9 cm³/mol. The summed E-state index contributed by atoms with van der Waals surface area (Å²) in [4.78, 5) is 12.5. The third-order valence-corrected chi connectivity index (χ3v) is 6.48. The lowest BCUT2D eigenvalue weighted by Crippen LogP contribution is -2.45. The number of carbonyl (C=O) groups is 1. The minimum absolute atomic E-state index is 0.205. The smallest absolute Gasteiger partial charge is 0.334 e. The third kappa shape index (κ3) is 2.40. The zero-order valence-electron chi connectivity index (χ0n) is 14.3. The van der Waals surface area contributed by atoms with Crippen molar-refractivity contribution in [3.05, 3.63) is 47.3 Å². The van der Waals surface area contributed by atoms with Crippen LogP contribution >= 0.6 is 0 Å². The maximum absolute atomic E-state index is 13.7. The lowest BCUT2D eigenvalue weighted by atomic mass is 9.66. The second-order valence-corrected chi connectivity index (χ2v) is 8.00. The van der Waals surface area contributed by atoms with Gasteiger partial charge in [0.2, 0.25) is 0 Å². The normalized spacial score (nSPS) is 34.0. The number of carbonyl (C=O) groups excluding carboxylic acids is 1. The molecule has 4 unspecified atom stereocenters. The van der Waals surface area contributed by atoms with Crippen LogP contribution in [0.15, 0.2) is 30.4 Å². The SMILES string of the molecule is C=C(C)C(=O)OC1(C2CC3CCC2C3)CCCc2cc(F)ccc21. The van der Waals surface area contributed by atoms with E-state index in [9.17, 15) is 9.18 Å². The molecular weight excluding hydrogens is 303 g/mol. The molecule has 2 fully saturated rings. The van der Waals surface area contributed by atoms with Crippen molar-refractivity contribution in [3.63, 3.8) is 0 Å². The van der Waals surface area contributed by atoms with Crippen LogP contribution in [0.5, 0.6) is 0 Å². The van der Waals surface area contributed by atoms with E-state index in [4.69, 9.17) is 4.74 Å². The largest absolute Gasteiger partial charge is 0.451 e. The van der Waals surface area contributed by atoms with Crippen LogP contribution in [0.1, 0.15) is 56.6 Å². The number of aryl methyl sites for hydroxylation is 1. The highest BCUT2D eigenvalue weighted by Crippen LogP contribution is 2.58. The summed E-state index contributed by atoms with van der Waals surface area (Å²) >= 11 is 0. The van der Waals surface area contributed by atoms with Gasteiger partial charge < -0.3 is 4.74 Å². The van der Waals surface area contributed by atoms with E-state index < -0.39 is 5.60 Å². The van der Waals surface area contributed by atoms with Gasteiger partial charge in [-0.05, 0) is 80.5 Å².